The van der Waals surface area contributed by atoms with Crippen molar-refractivity contribution in [1.29, 1.82) is 0 Å². The fourth-order valence-electron chi connectivity index (χ4n) is 2.07. The van der Waals surface area contributed by atoms with E-state index in [2.05, 4.69) is 0 Å². The molecule has 2 aliphatic heterocycles. The van der Waals surface area contributed by atoms with Crippen LogP contribution in [-0.2, 0) is 23.7 Å². The molecule has 2 rings (SSSR count). The molecule has 3 atom stereocenters. The fraction of sp³-hybridized carbons (Fsp3) is 0.917. The lowest BCUT2D eigenvalue weighted by atomic mass is 10.1. The van der Waals surface area contributed by atoms with E-state index in [1.54, 1.807) is 27.7 Å². The average Bonchev–Trinajstić information content (AvgIpc) is 2.79. The first kappa shape index (κ1) is 13.9. The molecule has 0 saturated carbocycles. The van der Waals surface area contributed by atoms with Crippen molar-refractivity contribution in [1.82, 2.24) is 0 Å². The van der Waals surface area contributed by atoms with Gasteiger partial charge in [-0.1, -0.05) is 0 Å². The number of aliphatic hydroxyl groups is 1. The summed E-state index contributed by atoms with van der Waals surface area (Å²) in [6.45, 7) is 7.28. The molecule has 0 aliphatic carbocycles. The van der Waals surface area contributed by atoms with Gasteiger partial charge in [0.05, 0.1) is 13.2 Å². The van der Waals surface area contributed by atoms with Crippen molar-refractivity contribution in [2.45, 2.75) is 57.6 Å². The predicted octanol–water partition coefficient (Wildman–Crippen LogP) is 0.219. The molecule has 0 bridgehead atoms. The lowest BCUT2D eigenvalue weighted by Gasteiger charge is -2.22. The summed E-state index contributed by atoms with van der Waals surface area (Å²) in [5.41, 5.74) is 0. The zero-order chi connectivity index (χ0) is 13.6. The number of hydrogen-bond acceptors (Lipinski definition) is 6. The van der Waals surface area contributed by atoms with Crippen molar-refractivity contribution in [3.05, 3.63) is 0 Å². The third kappa shape index (κ3) is 2.89. The van der Waals surface area contributed by atoms with Gasteiger partial charge in [0.25, 0.3) is 0 Å². The minimum Gasteiger partial charge on any atom is -0.382 e. The third-order valence-electron chi connectivity index (χ3n) is 3.00. The molecular formula is C12H20O6. The Kier molecular flexibility index (Phi) is 3.50. The smallest absolute Gasteiger partial charge is 0.195 e. The second-order valence-corrected chi connectivity index (χ2v) is 5.53. The molecule has 104 valence electrons. The summed E-state index contributed by atoms with van der Waals surface area (Å²) >= 11 is 0. The van der Waals surface area contributed by atoms with Gasteiger partial charge in [0.1, 0.15) is 18.3 Å². The van der Waals surface area contributed by atoms with Crippen LogP contribution in [0.3, 0.4) is 0 Å². The maximum Gasteiger partial charge on any atom is 0.195 e. The van der Waals surface area contributed by atoms with Crippen LogP contribution in [0.2, 0.25) is 0 Å². The van der Waals surface area contributed by atoms with Crippen LogP contribution >= 0.6 is 0 Å². The minimum absolute atomic E-state index is 0.153. The molecular weight excluding hydrogens is 240 g/mol. The third-order valence-corrected chi connectivity index (χ3v) is 3.00. The summed E-state index contributed by atoms with van der Waals surface area (Å²) in [7, 11) is 0. The highest BCUT2D eigenvalue weighted by Gasteiger charge is 2.45. The zero-order valence-electron chi connectivity index (χ0n) is 11.1. The normalized spacial score (nSPS) is 35.6. The zero-order valence-corrected chi connectivity index (χ0v) is 11.1. The molecule has 0 aromatic heterocycles. The summed E-state index contributed by atoms with van der Waals surface area (Å²) in [6, 6.07) is 0. The Morgan fingerprint density at radius 3 is 2.11 bits per heavy atom. The first-order chi connectivity index (χ1) is 8.20. The topological polar surface area (TPSA) is 74.2 Å². The van der Waals surface area contributed by atoms with Gasteiger partial charge < -0.3 is 24.1 Å². The second-order valence-electron chi connectivity index (χ2n) is 5.53. The van der Waals surface area contributed by atoms with E-state index in [4.69, 9.17) is 18.9 Å². The molecule has 2 aliphatic rings. The van der Waals surface area contributed by atoms with Crippen LogP contribution in [0.15, 0.2) is 0 Å². The van der Waals surface area contributed by atoms with Crippen LogP contribution in [0.4, 0.5) is 0 Å². The van der Waals surface area contributed by atoms with E-state index >= 15 is 0 Å². The number of ether oxygens (including phenoxy) is 4. The summed E-state index contributed by atoms with van der Waals surface area (Å²) in [6.07, 6.45) is -2.66. The molecule has 6 heteroatoms. The molecule has 0 spiro atoms. The lowest BCUT2D eigenvalue weighted by molar-refractivity contribution is -0.169. The Balaban J connectivity index is 1.94. The number of aliphatic hydroxyl groups excluding tert-OH is 1. The minimum atomic E-state index is -1.26. The standard InChI is InChI=1S/C12H20O6/c1-11(2)15-5-7(17-11)9(13)10(14)8-6-16-12(3,4)18-8/h7-9,13H,5-6H2,1-4H3/t7-,8+,9+/m0/s1. The highest BCUT2D eigenvalue weighted by Crippen LogP contribution is 2.28. The SMILES string of the molecule is CC1(C)OC[C@@H]([C@@H](O)C(=O)[C@H]2COC(C)(C)O2)O1. The van der Waals surface area contributed by atoms with Gasteiger partial charge in [-0.25, -0.2) is 0 Å². The number of ketones is 1. The van der Waals surface area contributed by atoms with Gasteiger partial charge in [-0.3, -0.25) is 4.79 Å². The number of carbonyl (C=O) groups is 1. The van der Waals surface area contributed by atoms with Gasteiger partial charge in [0.2, 0.25) is 0 Å². The van der Waals surface area contributed by atoms with Gasteiger partial charge in [-0.2, -0.15) is 0 Å². The van der Waals surface area contributed by atoms with Crippen molar-refractivity contribution in [2.24, 2.45) is 0 Å². The maximum absolute atomic E-state index is 12.0. The van der Waals surface area contributed by atoms with E-state index in [1.165, 1.54) is 0 Å². The quantitative estimate of drug-likeness (QED) is 0.782. The van der Waals surface area contributed by atoms with Crippen LogP contribution in [0, 0.1) is 0 Å². The summed E-state index contributed by atoms with van der Waals surface area (Å²) < 4.78 is 21.5. The average molecular weight is 260 g/mol. The van der Waals surface area contributed by atoms with E-state index < -0.39 is 35.7 Å². The van der Waals surface area contributed by atoms with Crippen LogP contribution < -0.4 is 0 Å². The summed E-state index contributed by atoms with van der Waals surface area (Å²) in [5, 5.41) is 9.99. The van der Waals surface area contributed by atoms with Gasteiger partial charge in [-0.15, -0.1) is 0 Å². The van der Waals surface area contributed by atoms with Crippen molar-refractivity contribution in [3.8, 4) is 0 Å². The number of Topliss-reactive ketones (excluding diaryl/α,β-unsaturated/α-hetero) is 1. The van der Waals surface area contributed by atoms with Crippen LogP contribution in [-0.4, -0.2) is 54.0 Å². The lowest BCUT2D eigenvalue weighted by Crippen LogP contribution is -2.43. The molecule has 2 heterocycles. The fourth-order valence-corrected chi connectivity index (χ4v) is 2.07. The largest absolute Gasteiger partial charge is 0.382 e. The van der Waals surface area contributed by atoms with E-state index in [0.29, 0.717) is 0 Å². The maximum atomic E-state index is 12.0. The monoisotopic (exact) mass is 260 g/mol. The molecule has 0 radical (unpaired) electrons. The van der Waals surface area contributed by atoms with Crippen molar-refractivity contribution >= 4 is 5.78 Å². The Hall–Kier alpha value is -0.530. The van der Waals surface area contributed by atoms with Gasteiger partial charge in [-0.05, 0) is 27.7 Å². The van der Waals surface area contributed by atoms with E-state index in [-0.39, 0.29) is 13.2 Å². The Morgan fingerprint density at radius 1 is 1.11 bits per heavy atom. The van der Waals surface area contributed by atoms with E-state index in [9.17, 15) is 9.90 Å². The van der Waals surface area contributed by atoms with Crippen LogP contribution in [0.25, 0.3) is 0 Å². The molecule has 0 aromatic rings. The van der Waals surface area contributed by atoms with Crippen LogP contribution in [0.1, 0.15) is 27.7 Å². The molecule has 6 nitrogen and oxygen atoms in total. The highest BCUT2D eigenvalue weighted by molar-refractivity contribution is 5.88. The van der Waals surface area contributed by atoms with Crippen molar-refractivity contribution < 1.29 is 28.8 Å². The number of carbonyl (C=O) groups excluding carboxylic acids is 1. The molecule has 1 N–H and O–H groups in total. The second kappa shape index (κ2) is 4.54. The molecule has 2 fully saturated rings. The molecule has 2 saturated heterocycles. The Bertz CT molecular complexity index is 337. The van der Waals surface area contributed by atoms with Crippen LogP contribution in [0.5, 0.6) is 0 Å². The summed E-state index contributed by atoms with van der Waals surface area (Å²) in [5.74, 6) is -1.98. The van der Waals surface area contributed by atoms with E-state index in [0.717, 1.165) is 0 Å². The Morgan fingerprint density at radius 2 is 1.67 bits per heavy atom. The van der Waals surface area contributed by atoms with Gasteiger partial charge in [0.15, 0.2) is 17.4 Å². The number of hydrogen-bond donors (Lipinski definition) is 1. The first-order valence-electron chi connectivity index (χ1n) is 6.05. The van der Waals surface area contributed by atoms with Gasteiger partial charge >= 0.3 is 0 Å². The molecule has 0 unspecified atom stereocenters. The van der Waals surface area contributed by atoms with Crippen molar-refractivity contribution in [2.75, 3.05) is 13.2 Å². The Labute approximate surface area is 106 Å². The van der Waals surface area contributed by atoms with Gasteiger partial charge in [0, 0.05) is 0 Å². The van der Waals surface area contributed by atoms with E-state index in [1.807, 2.05) is 0 Å². The summed E-state index contributed by atoms with van der Waals surface area (Å²) in [4.78, 5) is 12.0. The number of rotatable bonds is 3. The molecule has 18 heavy (non-hydrogen) atoms. The highest BCUT2D eigenvalue weighted by atomic mass is 16.8. The molecule has 0 aromatic carbocycles. The molecule has 0 amide bonds. The van der Waals surface area contributed by atoms with Crippen molar-refractivity contribution in [3.63, 3.8) is 0 Å². The predicted molar refractivity (Wildman–Crippen MR) is 60.8 cm³/mol. The first-order valence-corrected chi connectivity index (χ1v) is 6.05.